The number of ether oxygens (including phenoxy) is 3. The Labute approximate surface area is 257 Å². The number of rotatable bonds is 14. The number of phosphoric ester groups is 1. The molecule has 46 heavy (non-hydrogen) atoms. The lowest BCUT2D eigenvalue weighted by molar-refractivity contribution is -0.385. The normalized spacial score (nSPS) is 21.6. The Morgan fingerprint density at radius 2 is 1.83 bits per heavy atom. The Morgan fingerprint density at radius 1 is 1.15 bits per heavy atom. The van der Waals surface area contributed by atoms with Gasteiger partial charge in [-0.25, -0.2) is 23.3 Å². The molecular weight excluding hydrogens is 691 g/mol. The number of nitro groups is 1. The summed E-state index contributed by atoms with van der Waals surface area (Å²) in [5.74, 6) is -0.603. The minimum absolute atomic E-state index is 0.167. The molecule has 25 heteroatoms. The average molecular weight is 719 g/mol. The Balaban J connectivity index is 1.60. The monoisotopic (exact) mass is 719 g/mol. The molecule has 0 spiro atoms. The van der Waals surface area contributed by atoms with Gasteiger partial charge in [0.2, 0.25) is 0 Å². The number of nitrogens with one attached hydrogen (secondary N) is 1. The van der Waals surface area contributed by atoms with Crippen molar-refractivity contribution in [3.63, 3.8) is 0 Å². The highest BCUT2D eigenvalue weighted by Crippen LogP contribution is 2.66. The molecule has 3 rings (SSSR count). The quantitative estimate of drug-likeness (QED) is 0.0691. The fourth-order valence-electron chi connectivity index (χ4n) is 4.05. The number of aliphatic hydroxyl groups is 1. The molecule has 0 amide bonds. The van der Waals surface area contributed by atoms with E-state index in [9.17, 15) is 53.1 Å². The molecule has 1 saturated heterocycles. The van der Waals surface area contributed by atoms with E-state index in [1.807, 2.05) is 4.98 Å². The average Bonchev–Trinajstić information content (AvgIpc) is 3.27. The van der Waals surface area contributed by atoms with Crippen molar-refractivity contribution in [2.45, 2.75) is 51.2 Å². The van der Waals surface area contributed by atoms with Crippen LogP contribution in [-0.2, 0) is 47.7 Å². The van der Waals surface area contributed by atoms with Crippen LogP contribution in [0.1, 0.15) is 42.2 Å². The highest BCUT2D eigenvalue weighted by molar-refractivity contribution is 7.66. The van der Waals surface area contributed by atoms with Gasteiger partial charge in [-0.05, 0) is 13.0 Å². The fourth-order valence-corrected chi connectivity index (χ4v) is 7.08. The van der Waals surface area contributed by atoms with Crippen LogP contribution in [0.2, 0.25) is 0 Å². The highest BCUT2D eigenvalue weighted by Gasteiger charge is 2.43. The molecule has 6 N–H and O–H groups in total. The summed E-state index contributed by atoms with van der Waals surface area (Å²) >= 11 is 0. The van der Waals surface area contributed by atoms with Gasteiger partial charge in [-0.1, -0.05) is 18.6 Å². The minimum atomic E-state index is -5.79. The van der Waals surface area contributed by atoms with E-state index in [0.29, 0.717) is 5.56 Å². The van der Waals surface area contributed by atoms with Crippen molar-refractivity contribution in [3.8, 4) is 0 Å². The first-order valence-electron chi connectivity index (χ1n) is 12.7. The molecule has 2 heterocycles. The summed E-state index contributed by atoms with van der Waals surface area (Å²) in [6.45, 7) is 1.29. The number of benzene rings is 1. The molecule has 1 aromatic heterocycles. The number of carbonyl (C=O) groups is 1. The third kappa shape index (κ3) is 10.7. The van der Waals surface area contributed by atoms with Crippen molar-refractivity contribution in [3.05, 3.63) is 72.0 Å². The van der Waals surface area contributed by atoms with Crippen molar-refractivity contribution < 1.29 is 75.4 Å². The summed E-state index contributed by atoms with van der Waals surface area (Å²) in [4.78, 5) is 85.6. The van der Waals surface area contributed by atoms with Gasteiger partial charge < -0.3 is 38.9 Å². The number of hydrogen-bond acceptors (Lipinski definition) is 15. The molecule has 4 unspecified atom stereocenters. The van der Waals surface area contributed by atoms with Gasteiger partial charge in [0.15, 0.2) is 0 Å². The van der Waals surface area contributed by atoms with Crippen LogP contribution < -0.4 is 11.2 Å². The number of aromatic nitrogens is 2. The zero-order valence-electron chi connectivity index (χ0n) is 23.6. The number of hydrogen-bond donors (Lipinski definition) is 6. The van der Waals surface area contributed by atoms with Gasteiger partial charge in [0.05, 0.1) is 23.2 Å². The van der Waals surface area contributed by atoms with Crippen LogP contribution >= 0.6 is 23.5 Å². The maximum atomic E-state index is 12.4. The fraction of sp³-hybridized carbons (Fsp3) is 0.476. The molecule has 1 fully saturated rings. The number of aromatic amines is 1. The van der Waals surface area contributed by atoms with Crippen LogP contribution in [0.5, 0.6) is 0 Å². The molecule has 256 valence electrons. The summed E-state index contributed by atoms with van der Waals surface area (Å²) < 4.78 is 61.9. The molecule has 1 aliphatic rings. The zero-order valence-corrected chi connectivity index (χ0v) is 26.3. The van der Waals surface area contributed by atoms with Crippen molar-refractivity contribution in [2.75, 3.05) is 13.2 Å². The van der Waals surface area contributed by atoms with Crippen LogP contribution in [0, 0.1) is 17.0 Å². The maximum absolute atomic E-state index is 12.4. The van der Waals surface area contributed by atoms with E-state index in [0.717, 1.165) is 16.3 Å². The summed E-state index contributed by atoms with van der Waals surface area (Å²) in [7, 11) is -16.9. The third-order valence-electron chi connectivity index (χ3n) is 6.08. The largest absolute Gasteiger partial charge is 0.508 e. The van der Waals surface area contributed by atoms with Crippen LogP contribution in [0.4, 0.5) is 10.5 Å². The summed E-state index contributed by atoms with van der Waals surface area (Å²) in [5.41, 5.74) is -1.38. The minimum Gasteiger partial charge on any atom is -0.434 e. The molecule has 0 radical (unpaired) electrons. The lowest BCUT2D eigenvalue weighted by Gasteiger charge is -2.19. The Bertz CT molecular complexity index is 1720. The van der Waals surface area contributed by atoms with Gasteiger partial charge in [-0.15, -0.1) is 0 Å². The number of nitrogens with zero attached hydrogens (tertiary/aromatic N) is 2. The first-order chi connectivity index (χ1) is 21.2. The molecule has 22 nitrogen and oxygen atoms in total. The molecule has 0 aliphatic carbocycles. The molecule has 1 aromatic carbocycles. The second-order valence-electron chi connectivity index (χ2n) is 9.71. The third-order valence-corrected chi connectivity index (χ3v) is 9.88. The van der Waals surface area contributed by atoms with E-state index < -0.39 is 83.4 Å². The first kappa shape index (κ1) is 37.4. The van der Waals surface area contributed by atoms with Crippen molar-refractivity contribution in [1.82, 2.24) is 9.55 Å². The first-order valence-corrected chi connectivity index (χ1v) is 17.2. The van der Waals surface area contributed by atoms with E-state index in [2.05, 4.69) is 13.1 Å². The van der Waals surface area contributed by atoms with Crippen LogP contribution in [-0.4, -0.2) is 70.7 Å². The number of aryl methyl sites for hydroxylation is 1. The van der Waals surface area contributed by atoms with Crippen molar-refractivity contribution in [1.29, 1.82) is 0 Å². The van der Waals surface area contributed by atoms with Crippen LogP contribution in [0.3, 0.4) is 0 Å². The predicted octanol–water partition coefficient (Wildman–Crippen LogP) is 1.20. The van der Waals surface area contributed by atoms with Gasteiger partial charge in [-0.3, -0.25) is 29.0 Å². The van der Waals surface area contributed by atoms with Gasteiger partial charge >= 0.3 is 35.3 Å². The van der Waals surface area contributed by atoms with E-state index in [-0.39, 0.29) is 24.3 Å². The van der Waals surface area contributed by atoms with E-state index in [1.165, 1.54) is 6.07 Å². The maximum Gasteiger partial charge on any atom is 0.508 e. The SMILES string of the molecule is Cc1ccc([N+](=O)[O-])c(C(C)COC(=O)OCc2cn([C@H]3CC(O)[C@@H](COP(=O)(O)OP(=O)(O)OP(=O)(O)O)O3)c(=O)[nH]c2=O)c1. The van der Waals surface area contributed by atoms with Gasteiger partial charge in [0.25, 0.3) is 11.2 Å². The Hall–Kier alpha value is -3.10. The second kappa shape index (κ2) is 14.8. The number of H-pyrrole nitrogens is 1. The smallest absolute Gasteiger partial charge is 0.434 e. The standard InChI is InChI=1S/C21H28N3O19P3/c1-11-3-4-15(24(29)30)14(5-11)12(2)8-38-21(28)39-9-13-7-23(20(27)22-19(13)26)18-6-16(25)17(41-18)10-40-45(34,35)43-46(36,37)42-44(31,32)33/h3-5,7,12,16-18,25H,6,8-10H2,1-2H3,(H,34,35)(H,36,37)(H,22,26,27)(H2,31,32,33)/t12?,16?,17-,18-/m1/s1. The highest BCUT2D eigenvalue weighted by atomic mass is 31.3. The molecule has 0 saturated carbocycles. The van der Waals surface area contributed by atoms with Gasteiger partial charge in [0.1, 0.15) is 25.5 Å². The van der Waals surface area contributed by atoms with E-state index in [1.54, 1.807) is 26.0 Å². The molecule has 6 atom stereocenters. The topological polar surface area (TPSA) is 323 Å². The summed E-state index contributed by atoms with van der Waals surface area (Å²) in [6.07, 6.45) is -4.95. The van der Waals surface area contributed by atoms with Crippen molar-refractivity contribution in [2.24, 2.45) is 0 Å². The number of aliphatic hydroxyl groups excluding tert-OH is 1. The molecule has 1 aliphatic heterocycles. The van der Waals surface area contributed by atoms with Crippen LogP contribution in [0.25, 0.3) is 0 Å². The van der Waals surface area contributed by atoms with E-state index in [4.69, 9.17) is 24.0 Å². The number of phosphoric acid groups is 3. The predicted molar refractivity (Wildman–Crippen MR) is 148 cm³/mol. The van der Waals surface area contributed by atoms with Gasteiger partial charge in [0, 0.05) is 30.2 Å². The molecule has 2 aromatic rings. The Kier molecular flexibility index (Phi) is 12.0. The number of nitro benzene ring substituents is 1. The zero-order chi connectivity index (χ0) is 34.6. The molecule has 0 bridgehead atoms. The Morgan fingerprint density at radius 3 is 2.46 bits per heavy atom. The summed E-state index contributed by atoms with van der Waals surface area (Å²) in [5, 5.41) is 21.6. The van der Waals surface area contributed by atoms with E-state index >= 15 is 0 Å². The lowest BCUT2D eigenvalue weighted by atomic mass is 9.98. The van der Waals surface area contributed by atoms with Crippen molar-refractivity contribution >= 4 is 35.3 Å². The summed E-state index contributed by atoms with van der Waals surface area (Å²) in [6, 6.07) is 4.46. The molecular formula is C21H28N3O19P3. The van der Waals surface area contributed by atoms with Gasteiger partial charge in [-0.2, -0.15) is 8.62 Å². The second-order valence-corrected chi connectivity index (χ2v) is 14.1. The number of carbonyl (C=O) groups excluding carboxylic acids is 1. The lowest BCUT2D eigenvalue weighted by Crippen LogP contribution is -2.34. The van der Waals surface area contributed by atoms with Crippen LogP contribution in [0.15, 0.2) is 34.0 Å².